The highest BCUT2D eigenvalue weighted by Crippen LogP contribution is 2.28. The predicted molar refractivity (Wildman–Crippen MR) is 255 cm³/mol. The Morgan fingerprint density at radius 1 is 0.612 bits per heavy atom. The van der Waals surface area contributed by atoms with Crippen LogP contribution in [0.3, 0.4) is 0 Å². The van der Waals surface area contributed by atoms with Crippen LogP contribution in [-0.2, 0) is 52.9 Å². The van der Waals surface area contributed by atoms with Crippen LogP contribution >= 0.6 is 22.7 Å². The molecule has 0 fully saturated rings. The molecule has 4 aromatic carbocycles. The molecule has 2 amide bonds. The number of non-ortho nitro benzene ring substituents is 2. The molecule has 0 aliphatic carbocycles. The minimum Gasteiger partial charge on any atom is -0.346 e. The van der Waals surface area contributed by atoms with Gasteiger partial charge in [-0.1, -0.05) is 104 Å². The monoisotopic (exact) mass is 942 g/mol. The maximum atomic E-state index is 13.6. The number of nitrogens with one attached hydrogen (secondary N) is 2. The summed E-state index contributed by atoms with van der Waals surface area (Å²) in [5.41, 5.74) is 5.47. The number of thiazole rings is 2. The van der Waals surface area contributed by atoms with Crippen molar-refractivity contribution in [1.82, 2.24) is 30.7 Å². The molecule has 16 nitrogen and oxygen atoms in total. The van der Waals surface area contributed by atoms with E-state index in [9.17, 15) is 34.6 Å². The van der Waals surface area contributed by atoms with E-state index in [0.29, 0.717) is 31.5 Å². The number of aryl methyl sites for hydroxylation is 3. The summed E-state index contributed by atoms with van der Waals surface area (Å²) in [5.74, 6) is -1.56. The second kappa shape index (κ2) is 23.7. The Balaban J connectivity index is 0.000000222. The van der Waals surface area contributed by atoms with Crippen LogP contribution in [0.2, 0.25) is 0 Å². The zero-order chi connectivity index (χ0) is 47.9. The average molecular weight is 943 g/mol. The zero-order valence-corrected chi connectivity index (χ0v) is 39.0. The third-order valence-electron chi connectivity index (χ3n) is 10.8. The van der Waals surface area contributed by atoms with Crippen molar-refractivity contribution in [2.24, 2.45) is 5.92 Å². The first-order valence-electron chi connectivity index (χ1n) is 21.6. The van der Waals surface area contributed by atoms with E-state index in [1.54, 1.807) is 31.2 Å². The molecule has 4 atom stereocenters. The zero-order valence-electron chi connectivity index (χ0n) is 37.4. The number of carbonyl (C=O) groups is 3. The number of nitrogens with zero attached hydrogens (tertiary/aromatic N) is 6. The molecule has 7 rings (SSSR count). The predicted octanol–water partition coefficient (Wildman–Crippen LogP) is 9.19. The Kier molecular flexibility index (Phi) is 17.4. The molecule has 7 aromatic rings. The number of carbonyl (C=O) groups excluding carboxylic acids is 3. The Hall–Kier alpha value is -7.31. The molecule has 2 N–H and O–H groups in total. The molecule has 2 unspecified atom stereocenters. The van der Waals surface area contributed by atoms with E-state index in [4.69, 9.17) is 4.52 Å². The molecule has 0 saturated carbocycles. The topological polar surface area (TPSA) is 226 Å². The fraction of sp³-hybridized carbons (Fsp3) is 0.286. The smallest absolute Gasteiger partial charge is 0.269 e. The van der Waals surface area contributed by atoms with Crippen LogP contribution in [0.5, 0.6) is 0 Å². The lowest BCUT2D eigenvalue weighted by Crippen LogP contribution is -2.38. The van der Waals surface area contributed by atoms with E-state index in [-0.39, 0.29) is 34.9 Å². The van der Waals surface area contributed by atoms with Gasteiger partial charge in [0.05, 0.1) is 33.3 Å². The van der Waals surface area contributed by atoms with Gasteiger partial charge in [-0.2, -0.15) is 4.98 Å². The number of rotatable bonds is 20. The van der Waals surface area contributed by atoms with Crippen molar-refractivity contribution in [3.8, 4) is 0 Å². The Bertz CT molecular complexity index is 2740. The summed E-state index contributed by atoms with van der Waals surface area (Å²) in [7, 11) is 0. The number of benzene rings is 4. The van der Waals surface area contributed by atoms with E-state index in [2.05, 4.69) is 30.7 Å². The minimum atomic E-state index is -0.803. The largest absolute Gasteiger partial charge is 0.346 e. The molecular formula is C49H50N8O8S2. The highest BCUT2D eigenvalue weighted by Gasteiger charge is 2.31. The minimum absolute atomic E-state index is 0.0105. The van der Waals surface area contributed by atoms with Gasteiger partial charge >= 0.3 is 0 Å². The Morgan fingerprint density at radius 3 is 1.43 bits per heavy atom. The second-order valence-corrected chi connectivity index (χ2v) is 17.5. The first-order chi connectivity index (χ1) is 32.3. The van der Waals surface area contributed by atoms with Crippen molar-refractivity contribution in [3.05, 3.63) is 196 Å². The van der Waals surface area contributed by atoms with Crippen LogP contribution < -0.4 is 10.6 Å². The number of hydrogen-bond acceptors (Lipinski definition) is 14. The molecule has 67 heavy (non-hydrogen) atoms. The van der Waals surface area contributed by atoms with Crippen molar-refractivity contribution >= 4 is 51.6 Å². The lowest BCUT2D eigenvalue weighted by molar-refractivity contribution is -0.385. The summed E-state index contributed by atoms with van der Waals surface area (Å²) in [6, 6.07) is 30.8. The van der Waals surface area contributed by atoms with Gasteiger partial charge in [0.1, 0.15) is 27.6 Å². The van der Waals surface area contributed by atoms with Crippen LogP contribution in [0.4, 0.5) is 11.4 Å². The summed E-state index contributed by atoms with van der Waals surface area (Å²) < 4.78 is 5.38. The number of amides is 2. The molecule has 0 spiro atoms. The second-order valence-electron chi connectivity index (χ2n) is 15.7. The standard InChI is InChI=1S/C25H25N5O4S.C24H25N3O4S/c1-3-19-15-35-25(27-19)22(14-18-9-11-20(12-10-18)30(32)33)28-23(31)21(24-26-16(2)29-34-24)13-17-7-5-4-6-8-17;1-3-19-15-32-24(25-19)22(14-18-9-11-20(12-10-18)27(30)31)26-23(29)21(16(2)28)13-17-7-5-4-6-8-17/h4-12,15,21-22H,3,13-14H2,1-2H3,(H,28,31);4-12,15,21-22H,3,13-14H2,1-2H3,(H,26,29)/t2*21?,22-/m00/s1. The van der Waals surface area contributed by atoms with Gasteiger partial charge in [-0.15, -0.1) is 22.7 Å². The first kappa shape index (κ1) is 49.1. The third kappa shape index (κ3) is 14.1. The van der Waals surface area contributed by atoms with Gasteiger partial charge in [0.2, 0.25) is 17.7 Å². The SMILES string of the molecule is CCc1csc([C@H](Cc2ccc([N+](=O)[O-])cc2)NC(=O)C(Cc2ccccc2)C(C)=O)n1.CCc1csc([C@H](Cc2ccc([N+](=O)[O-])cc2)NC(=O)C(Cc2ccccc2)c2nc(C)no2)n1. The van der Waals surface area contributed by atoms with Crippen LogP contribution in [0, 0.1) is 33.1 Å². The lowest BCUT2D eigenvalue weighted by Gasteiger charge is -2.21. The summed E-state index contributed by atoms with van der Waals surface area (Å²) in [6.07, 6.45) is 3.13. The van der Waals surface area contributed by atoms with Gasteiger partial charge in [0, 0.05) is 35.0 Å². The number of Topliss-reactive ketones (excluding diaryl/α,β-unsaturated/α-hetero) is 1. The maximum Gasteiger partial charge on any atom is 0.269 e. The summed E-state index contributed by atoms with van der Waals surface area (Å²) in [4.78, 5) is 73.7. The van der Waals surface area contributed by atoms with E-state index >= 15 is 0 Å². The van der Waals surface area contributed by atoms with E-state index < -0.39 is 33.8 Å². The molecule has 0 saturated heterocycles. The lowest BCUT2D eigenvalue weighted by atomic mass is 9.94. The van der Waals surface area contributed by atoms with Crippen molar-refractivity contribution < 1.29 is 28.8 Å². The molecule has 3 heterocycles. The molecule has 0 aliphatic rings. The Morgan fingerprint density at radius 2 is 1.04 bits per heavy atom. The fourth-order valence-electron chi connectivity index (χ4n) is 7.08. The average Bonchev–Trinajstić information content (AvgIpc) is 4.13. The number of nitro groups is 2. The summed E-state index contributed by atoms with van der Waals surface area (Å²) in [6.45, 7) is 7.17. The van der Waals surface area contributed by atoms with Crippen molar-refractivity contribution in [1.29, 1.82) is 0 Å². The number of ketones is 1. The fourth-order valence-corrected chi connectivity index (χ4v) is 8.99. The van der Waals surface area contributed by atoms with Gasteiger partial charge in [0.25, 0.3) is 11.4 Å². The first-order valence-corrected chi connectivity index (χ1v) is 23.4. The van der Waals surface area contributed by atoms with Crippen molar-refractivity contribution in [3.63, 3.8) is 0 Å². The van der Waals surface area contributed by atoms with Gasteiger partial charge in [-0.05, 0) is 74.6 Å². The van der Waals surface area contributed by atoms with E-state index in [1.165, 1.54) is 53.9 Å². The molecule has 0 bridgehead atoms. The number of nitro benzene ring substituents is 2. The quantitative estimate of drug-likeness (QED) is 0.0414. The van der Waals surface area contributed by atoms with Crippen LogP contribution in [0.15, 0.2) is 124 Å². The molecule has 0 radical (unpaired) electrons. The van der Waals surface area contributed by atoms with Crippen molar-refractivity contribution in [2.45, 2.75) is 84.2 Å². The molecule has 0 aliphatic heterocycles. The Labute approximate surface area is 395 Å². The third-order valence-corrected chi connectivity index (χ3v) is 12.8. The van der Waals surface area contributed by atoms with E-state index in [1.807, 2.05) is 85.3 Å². The molecular weight excluding hydrogens is 893 g/mol. The normalized spacial score (nSPS) is 12.7. The van der Waals surface area contributed by atoms with Gasteiger partial charge in [-0.25, -0.2) is 9.97 Å². The van der Waals surface area contributed by atoms with Gasteiger partial charge in [-0.3, -0.25) is 34.6 Å². The molecule has 346 valence electrons. The maximum absolute atomic E-state index is 13.6. The van der Waals surface area contributed by atoms with Gasteiger partial charge in [0.15, 0.2) is 5.82 Å². The summed E-state index contributed by atoms with van der Waals surface area (Å²) >= 11 is 2.94. The van der Waals surface area contributed by atoms with E-state index in [0.717, 1.165) is 56.5 Å². The van der Waals surface area contributed by atoms with Crippen LogP contribution in [0.1, 0.15) is 94.1 Å². The molecule has 3 aromatic heterocycles. The van der Waals surface area contributed by atoms with Crippen LogP contribution in [-0.4, -0.2) is 47.6 Å². The number of aromatic nitrogens is 4. The van der Waals surface area contributed by atoms with Crippen molar-refractivity contribution in [2.75, 3.05) is 0 Å². The van der Waals surface area contributed by atoms with Crippen LogP contribution in [0.25, 0.3) is 0 Å². The highest BCUT2D eigenvalue weighted by molar-refractivity contribution is 7.10. The molecule has 18 heteroatoms. The van der Waals surface area contributed by atoms with Gasteiger partial charge < -0.3 is 15.2 Å². The highest BCUT2D eigenvalue weighted by atomic mass is 32.1. The summed E-state index contributed by atoms with van der Waals surface area (Å²) in [5, 5.41) is 37.4. The number of hydrogen-bond donors (Lipinski definition) is 2.